The van der Waals surface area contributed by atoms with Crippen LogP contribution in [0.1, 0.15) is 36.8 Å². The van der Waals surface area contributed by atoms with Crippen molar-refractivity contribution in [3.8, 4) is 11.5 Å². The monoisotopic (exact) mass is 411 g/mol. The number of benzene rings is 2. The average molecular weight is 412 g/mol. The summed E-state index contributed by atoms with van der Waals surface area (Å²) in [5, 5.41) is 8.75. The number of methoxy groups -OCH3 is 2. The SMILES string of the molecule is COc1cccc(CNC(=O)C2(NC(=O)NCc3ccccc3)CCCC2)c1OC. The molecule has 1 aliphatic carbocycles. The van der Waals surface area contributed by atoms with Crippen molar-refractivity contribution >= 4 is 11.9 Å². The maximum absolute atomic E-state index is 13.1. The largest absolute Gasteiger partial charge is 0.493 e. The van der Waals surface area contributed by atoms with Crippen LogP contribution in [0.5, 0.6) is 11.5 Å². The van der Waals surface area contributed by atoms with Crippen molar-refractivity contribution in [1.29, 1.82) is 0 Å². The van der Waals surface area contributed by atoms with Crippen LogP contribution >= 0.6 is 0 Å². The zero-order chi connectivity index (χ0) is 21.4. The summed E-state index contributed by atoms with van der Waals surface area (Å²) in [4.78, 5) is 25.6. The van der Waals surface area contributed by atoms with Gasteiger partial charge in [-0.25, -0.2) is 4.79 Å². The highest BCUT2D eigenvalue weighted by molar-refractivity contribution is 5.91. The zero-order valence-electron chi connectivity index (χ0n) is 17.5. The van der Waals surface area contributed by atoms with Crippen LogP contribution in [0.15, 0.2) is 48.5 Å². The summed E-state index contributed by atoms with van der Waals surface area (Å²) in [6.45, 7) is 0.694. The molecule has 0 aliphatic heterocycles. The lowest BCUT2D eigenvalue weighted by molar-refractivity contribution is -0.127. The van der Waals surface area contributed by atoms with E-state index in [0.29, 0.717) is 30.9 Å². The summed E-state index contributed by atoms with van der Waals surface area (Å²) in [5.74, 6) is 1.02. The second kappa shape index (κ2) is 10.0. The fraction of sp³-hybridized carbons (Fsp3) is 0.391. The minimum Gasteiger partial charge on any atom is -0.493 e. The number of amides is 3. The Labute approximate surface area is 177 Å². The van der Waals surface area contributed by atoms with E-state index in [1.54, 1.807) is 20.3 Å². The highest BCUT2D eigenvalue weighted by Gasteiger charge is 2.42. The number of hydrogen-bond acceptors (Lipinski definition) is 4. The summed E-state index contributed by atoms with van der Waals surface area (Å²) in [7, 11) is 3.14. The molecule has 0 unspecified atom stereocenters. The Bertz CT molecular complexity index is 864. The normalized spacial score (nSPS) is 14.6. The molecule has 0 bridgehead atoms. The summed E-state index contributed by atoms with van der Waals surface area (Å²) in [6, 6.07) is 14.9. The molecule has 30 heavy (non-hydrogen) atoms. The molecular formula is C23H29N3O4. The first-order chi connectivity index (χ1) is 14.6. The van der Waals surface area contributed by atoms with Crippen LogP contribution in [0, 0.1) is 0 Å². The first kappa shape index (κ1) is 21.5. The average Bonchev–Trinajstić information content (AvgIpc) is 3.26. The molecule has 1 aliphatic rings. The van der Waals surface area contributed by atoms with Crippen LogP contribution in [0.25, 0.3) is 0 Å². The molecule has 3 N–H and O–H groups in total. The molecule has 7 heteroatoms. The molecule has 2 aromatic carbocycles. The number of nitrogens with one attached hydrogen (secondary N) is 3. The molecule has 0 atom stereocenters. The standard InChI is InChI=1S/C23H29N3O4/c1-29-19-12-8-11-18(20(19)30-2)16-24-21(27)23(13-6-7-14-23)26-22(28)25-15-17-9-4-3-5-10-17/h3-5,8-12H,6-7,13-16H2,1-2H3,(H,24,27)(H2,25,26,28). The molecule has 0 heterocycles. The minimum absolute atomic E-state index is 0.181. The Morgan fingerprint density at radius 3 is 2.30 bits per heavy atom. The molecular weight excluding hydrogens is 382 g/mol. The smallest absolute Gasteiger partial charge is 0.315 e. The van der Waals surface area contributed by atoms with Gasteiger partial charge >= 0.3 is 6.03 Å². The molecule has 3 amide bonds. The lowest BCUT2D eigenvalue weighted by Crippen LogP contribution is -2.59. The Kier molecular flexibility index (Phi) is 7.17. The third kappa shape index (κ3) is 5.03. The van der Waals surface area contributed by atoms with E-state index in [2.05, 4.69) is 16.0 Å². The van der Waals surface area contributed by atoms with Crippen molar-refractivity contribution in [2.75, 3.05) is 14.2 Å². The van der Waals surface area contributed by atoms with Gasteiger partial charge < -0.3 is 25.4 Å². The molecule has 0 aromatic heterocycles. The van der Waals surface area contributed by atoms with E-state index in [1.165, 1.54) is 0 Å². The second-order valence-electron chi connectivity index (χ2n) is 7.42. The van der Waals surface area contributed by atoms with Gasteiger partial charge in [-0.05, 0) is 24.5 Å². The molecule has 2 aromatic rings. The van der Waals surface area contributed by atoms with E-state index in [1.807, 2.05) is 42.5 Å². The molecule has 0 saturated heterocycles. The quantitative estimate of drug-likeness (QED) is 0.623. The Morgan fingerprint density at radius 1 is 0.900 bits per heavy atom. The molecule has 0 spiro atoms. The van der Waals surface area contributed by atoms with E-state index >= 15 is 0 Å². The first-order valence-corrected chi connectivity index (χ1v) is 10.2. The number of para-hydroxylation sites is 1. The van der Waals surface area contributed by atoms with E-state index in [9.17, 15) is 9.59 Å². The minimum atomic E-state index is -0.896. The van der Waals surface area contributed by atoms with Crippen LogP contribution in [0.2, 0.25) is 0 Å². The van der Waals surface area contributed by atoms with Crippen molar-refractivity contribution in [3.63, 3.8) is 0 Å². The van der Waals surface area contributed by atoms with Gasteiger partial charge in [0.2, 0.25) is 5.91 Å². The number of carbonyl (C=O) groups is 2. The summed E-state index contributed by atoms with van der Waals surface area (Å²) >= 11 is 0. The maximum atomic E-state index is 13.1. The van der Waals surface area contributed by atoms with Crippen molar-refractivity contribution in [3.05, 3.63) is 59.7 Å². The van der Waals surface area contributed by atoms with Crippen LogP contribution in [0.4, 0.5) is 4.79 Å². The lowest BCUT2D eigenvalue weighted by atomic mass is 9.96. The Hall–Kier alpha value is -3.22. The van der Waals surface area contributed by atoms with Gasteiger partial charge in [0.05, 0.1) is 14.2 Å². The summed E-state index contributed by atoms with van der Waals surface area (Å²) in [6.07, 6.45) is 3.03. The third-order valence-electron chi connectivity index (χ3n) is 5.46. The van der Waals surface area contributed by atoms with Crippen LogP contribution < -0.4 is 25.4 Å². The van der Waals surface area contributed by atoms with Crippen LogP contribution in [0.3, 0.4) is 0 Å². The number of hydrogen-bond donors (Lipinski definition) is 3. The maximum Gasteiger partial charge on any atom is 0.315 e. The predicted octanol–water partition coefficient (Wildman–Crippen LogP) is 3.13. The van der Waals surface area contributed by atoms with Gasteiger partial charge in [0.25, 0.3) is 0 Å². The van der Waals surface area contributed by atoms with E-state index in [0.717, 1.165) is 24.0 Å². The van der Waals surface area contributed by atoms with Gasteiger partial charge in [0.1, 0.15) is 5.54 Å². The number of rotatable bonds is 8. The van der Waals surface area contributed by atoms with E-state index in [4.69, 9.17) is 9.47 Å². The first-order valence-electron chi connectivity index (χ1n) is 10.2. The number of carbonyl (C=O) groups excluding carboxylic acids is 2. The highest BCUT2D eigenvalue weighted by Crippen LogP contribution is 2.32. The molecule has 160 valence electrons. The van der Waals surface area contributed by atoms with Gasteiger partial charge in [0, 0.05) is 18.7 Å². The molecule has 0 radical (unpaired) electrons. The van der Waals surface area contributed by atoms with Gasteiger partial charge in [-0.1, -0.05) is 55.3 Å². The van der Waals surface area contributed by atoms with Crippen molar-refractivity contribution < 1.29 is 19.1 Å². The van der Waals surface area contributed by atoms with Crippen molar-refractivity contribution in [2.24, 2.45) is 0 Å². The van der Waals surface area contributed by atoms with Gasteiger partial charge in [-0.3, -0.25) is 4.79 Å². The Morgan fingerprint density at radius 2 is 1.63 bits per heavy atom. The third-order valence-corrected chi connectivity index (χ3v) is 5.46. The second-order valence-corrected chi connectivity index (χ2v) is 7.42. The fourth-order valence-electron chi connectivity index (χ4n) is 3.86. The molecule has 1 fully saturated rings. The van der Waals surface area contributed by atoms with E-state index in [-0.39, 0.29) is 18.5 Å². The number of urea groups is 1. The summed E-state index contributed by atoms with van der Waals surface area (Å²) < 4.78 is 10.7. The number of ether oxygens (including phenoxy) is 2. The molecule has 3 rings (SSSR count). The van der Waals surface area contributed by atoms with Crippen LogP contribution in [-0.2, 0) is 17.9 Å². The molecule has 1 saturated carbocycles. The van der Waals surface area contributed by atoms with Crippen LogP contribution in [-0.4, -0.2) is 31.7 Å². The highest BCUT2D eigenvalue weighted by atomic mass is 16.5. The topological polar surface area (TPSA) is 88.7 Å². The fourth-order valence-corrected chi connectivity index (χ4v) is 3.86. The lowest BCUT2D eigenvalue weighted by Gasteiger charge is -2.29. The Balaban J connectivity index is 1.62. The van der Waals surface area contributed by atoms with Gasteiger partial charge in [-0.2, -0.15) is 0 Å². The predicted molar refractivity (Wildman–Crippen MR) is 114 cm³/mol. The van der Waals surface area contributed by atoms with Crippen molar-refractivity contribution in [2.45, 2.75) is 44.3 Å². The van der Waals surface area contributed by atoms with E-state index < -0.39 is 5.54 Å². The van der Waals surface area contributed by atoms with Gasteiger partial charge in [0.15, 0.2) is 11.5 Å². The van der Waals surface area contributed by atoms with Gasteiger partial charge in [-0.15, -0.1) is 0 Å². The summed E-state index contributed by atoms with van der Waals surface area (Å²) in [5.41, 5.74) is 0.918. The van der Waals surface area contributed by atoms with Crippen molar-refractivity contribution in [1.82, 2.24) is 16.0 Å². The zero-order valence-corrected chi connectivity index (χ0v) is 17.5. The molecule has 7 nitrogen and oxygen atoms in total.